The topological polar surface area (TPSA) is 118 Å². The van der Waals surface area contributed by atoms with Crippen LogP contribution in [0, 0.1) is 18.8 Å². The molecule has 1 aromatic heterocycles. The van der Waals surface area contributed by atoms with Crippen LogP contribution in [0.25, 0.3) is 11.1 Å². The summed E-state index contributed by atoms with van der Waals surface area (Å²) in [5.74, 6) is 3.29. The lowest BCUT2D eigenvalue weighted by atomic mass is 9.98. The molecular formula is C25H21N3O5S. The zero-order chi connectivity index (χ0) is 24.1. The van der Waals surface area contributed by atoms with E-state index in [1.54, 1.807) is 6.92 Å². The van der Waals surface area contributed by atoms with Gasteiger partial charge in [0.05, 0.1) is 18.8 Å². The number of carbonyl (C=O) groups is 3. The lowest BCUT2D eigenvalue weighted by molar-refractivity contribution is -0.115. The fourth-order valence-corrected chi connectivity index (χ4v) is 4.66. The summed E-state index contributed by atoms with van der Waals surface area (Å²) in [7, 11) is 0. The SMILES string of the molecule is Cc1nc(CNC(=O)C#CCNC(=O)OCC2c3ccccc3-c3ccccc32)sc1C(=O)O. The zero-order valence-electron chi connectivity index (χ0n) is 18.3. The number of fused-ring (bicyclic) bond motifs is 3. The normalized spacial score (nSPS) is 11.6. The summed E-state index contributed by atoms with van der Waals surface area (Å²) < 4.78 is 5.41. The summed E-state index contributed by atoms with van der Waals surface area (Å²) in [5, 5.41) is 14.6. The number of carboxylic acids is 1. The first kappa shape index (κ1) is 23.0. The highest BCUT2D eigenvalue weighted by molar-refractivity contribution is 7.13. The number of aromatic carboxylic acids is 1. The predicted molar refractivity (Wildman–Crippen MR) is 127 cm³/mol. The molecule has 172 valence electrons. The third kappa shape index (κ3) is 5.08. The molecule has 0 unspecified atom stereocenters. The number of thiazole rings is 1. The Morgan fingerprint density at radius 2 is 1.71 bits per heavy atom. The smallest absolute Gasteiger partial charge is 0.407 e. The van der Waals surface area contributed by atoms with Crippen LogP contribution in [0.5, 0.6) is 0 Å². The van der Waals surface area contributed by atoms with Gasteiger partial charge in [-0.15, -0.1) is 11.3 Å². The van der Waals surface area contributed by atoms with Gasteiger partial charge in [-0.25, -0.2) is 14.6 Å². The van der Waals surface area contributed by atoms with Gasteiger partial charge in [0.15, 0.2) is 0 Å². The van der Waals surface area contributed by atoms with Crippen LogP contribution in [0.1, 0.15) is 37.4 Å². The van der Waals surface area contributed by atoms with Crippen molar-refractivity contribution < 1.29 is 24.2 Å². The number of benzene rings is 2. The standard InChI is InChI=1S/C25H21N3O5S/c1-15-23(24(30)31)34-22(28-15)13-27-21(29)11-6-12-26-25(32)33-14-20-18-9-4-2-7-16(18)17-8-3-5-10-19(17)20/h2-5,7-10,20H,12-14H2,1H3,(H,26,32)(H,27,29)(H,30,31). The van der Waals surface area contributed by atoms with Crippen LogP contribution in [0.3, 0.4) is 0 Å². The molecule has 8 nitrogen and oxygen atoms in total. The molecule has 0 spiro atoms. The van der Waals surface area contributed by atoms with Gasteiger partial charge in [-0.1, -0.05) is 54.5 Å². The number of rotatable bonds is 6. The Labute approximate surface area is 200 Å². The molecule has 0 saturated heterocycles. The van der Waals surface area contributed by atoms with E-state index in [9.17, 15) is 14.4 Å². The van der Waals surface area contributed by atoms with Crippen molar-refractivity contribution in [3.63, 3.8) is 0 Å². The molecular weight excluding hydrogens is 454 g/mol. The van der Waals surface area contributed by atoms with Gasteiger partial charge in [0, 0.05) is 5.92 Å². The van der Waals surface area contributed by atoms with E-state index in [4.69, 9.17) is 9.84 Å². The van der Waals surface area contributed by atoms with Gasteiger partial charge in [-0.2, -0.15) is 0 Å². The van der Waals surface area contributed by atoms with E-state index in [-0.39, 0.29) is 30.5 Å². The van der Waals surface area contributed by atoms with E-state index >= 15 is 0 Å². The van der Waals surface area contributed by atoms with E-state index in [0.717, 1.165) is 33.6 Å². The third-order valence-corrected chi connectivity index (χ3v) is 6.45. The minimum absolute atomic E-state index is 0.0360. The third-order valence-electron chi connectivity index (χ3n) is 5.30. The summed E-state index contributed by atoms with van der Waals surface area (Å²) >= 11 is 1.00. The number of aryl methyl sites for hydroxylation is 1. The molecule has 0 bridgehead atoms. The average molecular weight is 476 g/mol. The molecule has 3 aromatic rings. The Balaban J connectivity index is 1.23. The van der Waals surface area contributed by atoms with Crippen molar-refractivity contribution in [1.29, 1.82) is 0 Å². The maximum Gasteiger partial charge on any atom is 0.407 e. The summed E-state index contributed by atoms with van der Waals surface area (Å²) in [6.45, 7) is 1.81. The van der Waals surface area contributed by atoms with Crippen molar-refractivity contribution in [2.24, 2.45) is 0 Å². The lowest BCUT2D eigenvalue weighted by Gasteiger charge is -2.14. The van der Waals surface area contributed by atoms with Crippen molar-refractivity contribution in [1.82, 2.24) is 15.6 Å². The second-order valence-corrected chi connectivity index (χ2v) is 8.57. The van der Waals surface area contributed by atoms with Gasteiger partial charge in [0.1, 0.15) is 16.5 Å². The number of amides is 2. The molecule has 34 heavy (non-hydrogen) atoms. The van der Waals surface area contributed by atoms with Gasteiger partial charge in [0.2, 0.25) is 0 Å². The highest BCUT2D eigenvalue weighted by Crippen LogP contribution is 2.44. The maximum absolute atomic E-state index is 12.1. The predicted octanol–water partition coefficient (Wildman–Crippen LogP) is 3.31. The maximum atomic E-state index is 12.1. The Hall–Kier alpha value is -4.16. The quantitative estimate of drug-likeness (QED) is 0.471. The van der Waals surface area contributed by atoms with Crippen LogP contribution in [0.2, 0.25) is 0 Å². The zero-order valence-corrected chi connectivity index (χ0v) is 19.1. The van der Waals surface area contributed by atoms with Crippen molar-refractivity contribution in [2.45, 2.75) is 19.4 Å². The van der Waals surface area contributed by atoms with Crippen molar-refractivity contribution in [2.75, 3.05) is 13.2 Å². The number of aromatic nitrogens is 1. The van der Waals surface area contributed by atoms with Gasteiger partial charge in [0.25, 0.3) is 5.91 Å². The molecule has 1 aliphatic carbocycles. The molecule has 0 atom stereocenters. The van der Waals surface area contributed by atoms with Gasteiger partial charge >= 0.3 is 12.1 Å². The fraction of sp³-hybridized carbons (Fsp3) is 0.200. The molecule has 2 amide bonds. The summed E-state index contributed by atoms with van der Waals surface area (Å²) in [5.41, 5.74) is 4.95. The van der Waals surface area contributed by atoms with Gasteiger partial charge in [-0.3, -0.25) is 4.79 Å². The largest absolute Gasteiger partial charge is 0.477 e. The molecule has 0 fully saturated rings. The highest BCUT2D eigenvalue weighted by atomic mass is 32.1. The first-order valence-electron chi connectivity index (χ1n) is 10.5. The van der Waals surface area contributed by atoms with Crippen molar-refractivity contribution in [3.05, 3.63) is 75.2 Å². The first-order valence-corrected chi connectivity index (χ1v) is 11.3. The number of hydrogen-bond acceptors (Lipinski definition) is 6. The van der Waals surface area contributed by atoms with E-state index in [1.165, 1.54) is 0 Å². The van der Waals surface area contributed by atoms with E-state index < -0.39 is 18.0 Å². The van der Waals surface area contributed by atoms with Crippen LogP contribution in [0.15, 0.2) is 48.5 Å². The van der Waals surface area contributed by atoms with Crippen LogP contribution in [-0.2, 0) is 16.1 Å². The van der Waals surface area contributed by atoms with Crippen molar-refractivity contribution >= 4 is 29.3 Å². The van der Waals surface area contributed by atoms with Gasteiger partial charge in [-0.05, 0) is 35.1 Å². The molecule has 1 heterocycles. The molecule has 0 saturated carbocycles. The fourth-order valence-electron chi connectivity index (χ4n) is 3.82. The molecule has 1 aliphatic rings. The average Bonchev–Trinajstić information content (AvgIpc) is 3.37. The number of nitrogens with one attached hydrogen (secondary N) is 2. The second-order valence-electron chi connectivity index (χ2n) is 7.49. The molecule has 9 heteroatoms. The van der Waals surface area contributed by atoms with Crippen molar-refractivity contribution in [3.8, 4) is 23.0 Å². The minimum Gasteiger partial charge on any atom is -0.477 e. The second kappa shape index (κ2) is 10.2. The van der Waals surface area contributed by atoms with Crippen LogP contribution < -0.4 is 10.6 Å². The van der Waals surface area contributed by atoms with Crippen LogP contribution in [0.4, 0.5) is 4.79 Å². The minimum atomic E-state index is -1.05. The lowest BCUT2D eigenvalue weighted by Crippen LogP contribution is -2.27. The van der Waals surface area contributed by atoms with Gasteiger partial charge < -0.3 is 20.5 Å². The molecule has 0 aliphatic heterocycles. The highest BCUT2D eigenvalue weighted by Gasteiger charge is 2.28. The Morgan fingerprint density at radius 1 is 1.06 bits per heavy atom. The van der Waals surface area contributed by atoms with E-state index in [1.807, 2.05) is 36.4 Å². The number of ether oxygens (including phenoxy) is 1. The summed E-state index contributed by atoms with van der Waals surface area (Å²) in [6.07, 6.45) is -0.615. The number of carbonyl (C=O) groups excluding carboxylic acids is 2. The Bertz CT molecular complexity index is 1280. The summed E-state index contributed by atoms with van der Waals surface area (Å²) in [6, 6.07) is 16.1. The molecule has 4 rings (SSSR count). The summed E-state index contributed by atoms with van der Waals surface area (Å²) in [4.78, 5) is 39.3. The molecule has 3 N–H and O–H groups in total. The monoisotopic (exact) mass is 475 g/mol. The molecule has 2 aromatic carbocycles. The van der Waals surface area contributed by atoms with E-state index in [0.29, 0.717) is 10.7 Å². The number of hydrogen-bond donors (Lipinski definition) is 3. The number of alkyl carbamates (subject to hydrolysis) is 1. The van der Waals surface area contributed by atoms with E-state index in [2.05, 4.69) is 39.6 Å². The van der Waals surface area contributed by atoms with Crippen LogP contribution >= 0.6 is 11.3 Å². The first-order chi connectivity index (χ1) is 16.4. The number of nitrogens with zero attached hydrogens (tertiary/aromatic N) is 1. The molecule has 0 radical (unpaired) electrons. The van der Waals surface area contributed by atoms with Crippen LogP contribution in [-0.4, -0.2) is 41.2 Å². The number of carboxylic acid groups (broad SMARTS) is 1. The Kier molecular flexibility index (Phi) is 6.90. The Morgan fingerprint density at radius 3 is 2.32 bits per heavy atom.